The molecule has 0 aliphatic heterocycles. The third kappa shape index (κ3) is 41.0. The monoisotopic (exact) mass is 215 g/mol. The molecule has 0 atom stereocenters. The van der Waals surface area contributed by atoms with Crippen LogP contribution in [-0.2, 0) is 0 Å². The second-order valence-electron chi connectivity index (χ2n) is 3.26. The van der Waals surface area contributed by atoms with Crippen molar-refractivity contribution in [1.82, 2.24) is 0 Å². The number of rotatable bonds is 6. The summed E-state index contributed by atoms with van der Waals surface area (Å²) in [5.74, 6) is 0. The Hall–Kier alpha value is -0.215. The highest BCUT2D eigenvalue weighted by Crippen LogP contribution is 2.06. The zero-order chi connectivity index (χ0) is 11.4. The summed E-state index contributed by atoms with van der Waals surface area (Å²) in [6.45, 7) is 4.53. The lowest BCUT2D eigenvalue weighted by molar-refractivity contribution is 0.368. The maximum atomic E-state index is 9.75. The van der Waals surface area contributed by atoms with Gasteiger partial charge < -0.3 is 17.3 Å². The molecule has 0 unspecified atom stereocenters. The van der Waals surface area contributed by atoms with Gasteiger partial charge in [0.1, 0.15) is 0 Å². The molecule has 0 radical (unpaired) electrons. The van der Waals surface area contributed by atoms with Gasteiger partial charge >= 0.3 is 7.25 Å². The van der Waals surface area contributed by atoms with Crippen LogP contribution in [0.2, 0.25) is 0 Å². The third-order valence-corrected chi connectivity index (χ3v) is 1.71. The van der Waals surface area contributed by atoms with Crippen molar-refractivity contribution in [2.24, 2.45) is 0 Å². The summed E-state index contributed by atoms with van der Waals surface area (Å²) in [7, 11) is -6.00. The van der Waals surface area contributed by atoms with Gasteiger partial charge in [-0.2, -0.15) is 0 Å². The summed E-state index contributed by atoms with van der Waals surface area (Å²) in [5.41, 5.74) is 0. The van der Waals surface area contributed by atoms with Crippen molar-refractivity contribution in [3.63, 3.8) is 0 Å². The Balaban J connectivity index is 0. The first-order valence-electron chi connectivity index (χ1n) is 5.29. The minimum absolute atomic E-state index is 1.37. The van der Waals surface area contributed by atoms with E-state index < -0.39 is 7.25 Å². The van der Waals surface area contributed by atoms with E-state index in [1.54, 1.807) is 0 Å². The van der Waals surface area contributed by atoms with Crippen LogP contribution in [0, 0.1) is 0 Å². The van der Waals surface area contributed by atoms with Gasteiger partial charge in [-0.15, -0.1) is 0 Å². The van der Waals surface area contributed by atoms with Gasteiger partial charge in [0.2, 0.25) is 0 Å². The zero-order valence-electron chi connectivity index (χ0n) is 9.04. The molecule has 0 saturated heterocycles. The molecule has 0 heterocycles. The van der Waals surface area contributed by atoms with Crippen molar-refractivity contribution in [2.45, 2.75) is 58.8 Å². The van der Waals surface area contributed by atoms with Crippen molar-refractivity contribution in [3.8, 4) is 0 Å². The van der Waals surface area contributed by atoms with Crippen LogP contribution in [0.25, 0.3) is 0 Å². The highest BCUT2D eigenvalue weighted by molar-refractivity contribution is 6.50. The van der Waals surface area contributed by atoms with E-state index in [1.165, 1.54) is 44.9 Å². The minimum Gasteiger partial charge on any atom is -0.418 e. The average molecular weight is 215 g/mol. The second-order valence-corrected chi connectivity index (χ2v) is 3.26. The molecule has 0 amide bonds. The van der Waals surface area contributed by atoms with Crippen LogP contribution in [-0.4, -0.2) is 7.25 Å². The van der Waals surface area contributed by atoms with E-state index >= 15 is 0 Å². The summed E-state index contributed by atoms with van der Waals surface area (Å²) in [6, 6.07) is 0. The summed E-state index contributed by atoms with van der Waals surface area (Å²) in [6.07, 6.45) is 9.97. The molecule has 0 N–H and O–H groups in total. The highest BCUT2D eigenvalue weighted by Gasteiger charge is 2.20. The molecule has 88 valence electrons. The van der Waals surface area contributed by atoms with E-state index in [4.69, 9.17) is 0 Å². The van der Waals surface area contributed by atoms with Gasteiger partial charge in [-0.25, -0.2) is 0 Å². The van der Waals surface area contributed by atoms with Gasteiger partial charge in [-0.05, 0) is 0 Å². The molecule has 0 fully saturated rings. The van der Waals surface area contributed by atoms with Crippen LogP contribution in [0.5, 0.6) is 0 Å². The number of hydrogen-bond acceptors (Lipinski definition) is 0. The molecule has 0 aliphatic carbocycles. The minimum atomic E-state index is -6.00. The molecule has 0 rings (SSSR count). The van der Waals surface area contributed by atoms with E-state index in [1.807, 2.05) is 0 Å². The Morgan fingerprint density at radius 1 is 0.643 bits per heavy atom. The van der Waals surface area contributed by atoms with Crippen molar-refractivity contribution in [3.05, 3.63) is 0 Å². The van der Waals surface area contributed by atoms with E-state index in [-0.39, 0.29) is 0 Å². The first-order valence-corrected chi connectivity index (χ1v) is 5.29. The summed E-state index contributed by atoms with van der Waals surface area (Å²) in [5, 5.41) is 0. The van der Waals surface area contributed by atoms with E-state index in [2.05, 4.69) is 13.8 Å². The lowest BCUT2D eigenvalue weighted by Gasteiger charge is -1.96. The van der Waals surface area contributed by atoms with Crippen LogP contribution in [0.4, 0.5) is 17.3 Å². The molecule has 0 aromatic heterocycles. The van der Waals surface area contributed by atoms with Crippen molar-refractivity contribution in [2.75, 3.05) is 0 Å². The summed E-state index contributed by atoms with van der Waals surface area (Å²) < 4.78 is 39.0. The quantitative estimate of drug-likeness (QED) is 0.330. The predicted molar refractivity (Wildman–Crippen MR) is 53.9 cm³/mol. The Bertz CT molecular complexity index is 91.5. The summed E-state index contributed by atoms with van der Waals surface area (Å²) >= 11 is 0. The first kappa shape index (κ1) is 16.2. The van der Waals surface area contributed by atoms with Gasteiger partial charge in [0, 0.05) is 0 Å². The molecule has 0 nitrogen and oxygen atoms in total. The Morgan fingerprint density at radius 3 is 1.07 bits per heavy atom. The standard InChI is InChI=1S/C9H20.BF4/c1-3-5-7-9-8-6-4-2;2-1(3,4)5/h3-9H2,1-2H3;/q;-1. The molecule has 0 aromatic rings. The predicted octanol–water partition coefficient (Wildman–Crippen LogP) is 5.06. The average Bonchev–Trinajstić information content (AvgIpc) is 2.01. The van der Waals surface area contributed by atoms with Crippen LogP contribution in [0.1, 0.15) is 58.8 Å². The molecule has 0 aromatic carbocycles. The Kier molecular flexibility index (Phi) is 12.6. The maximum absolute atomic E-state index is 9.75. The van der Waals surface area contributed by atoms with Crippen molar-refractivity contribution < 1.29 is 17.3 Å². The Morgan fingerprint density at radius 2 is 0.857 bits per heavy atom. The topological polar surface area (TPSA) is 0 Å². The fourth-order valence-corrected chi connectivity index (χ4v) is 1.03. The van der Waals surface area contributed by atoms with Gasteiger partial charge in [0.25, 0.3) is 0 Å². The molecular weight excluding hydrogens is 195 g/mol. The molecule has 0 bridgehead atoms. The van der Waals surface area contributed by atoms with Gasteiger partial charge in [0.15, 0.2) is 0 Å². The number of unbranched alkanes of at least 4 members (excludes halogenated alkanes) is 6. The SMILES string of the molecule is CCCCCCCCC.F[B-](F)(F)F. The number of hydrogen-bond donors (Lipinski definition) is 0. The largest absolute Gasteiger partial charge is 0.673 e. The molecule has 0 saturated carbocycles. The van der Waals surface area contributed by atoms with Gasteiger partial charge in [0.05, 0.1) is 0 Å². The lowest BCUT2D eigenvalue weighted by Crippen LogP contribution is -2.02. The highest BCUT2D eigenvalue weighted by atomic mass is 19.5. The zero-order valence-corrected chi connectivity index (χ0v) is 9.04. The van der Waals surface area contributed by atoms with Crippen molar-refractivity contribution in [1.29, 1.82) is 0 Å². The van der Waals surface area contributed by atoms with E-state index in [0.717, 1.165) is 0 Å². The third-order valence-electron chi connectivity index (χ3n) is 1.71. The maximum Gasteiger partial charge on any atom is 0.673 e. The molecule has 5 heteroatoms. The molecule has 0 spiro atoms. The number of halogens is 4. The van der Waals surface area contributed by atoms with Crippen LogP contribution >= 0.6 is 0 Å². The van der Waals surface area contributed by atoms with Crippen molar-refractivity contribution >= 4 is 7.25 Å². The normalized spacial score (nSPS) is 10.7. The fourth-order valence-electron chi connectivity index (χ4n) is 1.03. The first-order chi connectivity index (χ1) is 6.41. The van der Waals surface area contributed by atoms with Crippen LogP contribution in [0.15, 0.2) is 0 Å². The lowest BCUT2D eigenvalue weighted by atomic mass is 10.1. The smallest absolute Gasteiger partial charge is 0.418 e. The molecule has 14 heavy (non-hydrogen) atoms. The Labute approximate surface area is 84.2 Å². The van der Waals surface area contributed by atoms with E-state index in [0.29, 0.717) is 0 Å². The second kappa shape index (κ2) is 10.9. The van der Waals surface area contributed by atoms with Crippen LogP contribution < -0.4 is 0 Å². The molecule has 0 aliphatic rings. The van der Waals surface area contributed by atoms with Gasteiger partial charge in [-0.1, -0.05) is 58.8 Å². The van der Waals surface area contributed by atoms with Gasteiger partial charge in [-0.3, -0.25) is 0 Å². The van der Waals surface area contributed by atoms with Crippen LogP contribution in [0.3, 0.4) is 0 Å². The van der Waals surface area contributed by atoms with E-state index in [9.17, 15) is 17.3 Å². The summed E-state index contributed by atoms with van der Waals surface area (Å²) in [4.78, 5) is 0. The fraction of sp³-hybridized carbons (Fsp3) is 1.00. The molecular formula is C9H20BF4-.